The van der Waals surface area contributed by atoms with Gasteiger partial charge in [0.2, 0.25) is 5.89 Å². The monoisotopic (exact) mass is 339 g/mol. The van der Waals surface area contributed by atoms with E-state index in [9.17, 15) is 0 Å². The summed E-state index contributed by atoms with van der Waals surface area (Å²) in [6.07, 6.45) is 4.43. The fourth-order valence-electron chi connectivity index (χ4n) is 2.92. The fourth-order valence-corrected chi connectivity index (χ4v) is 3.04. The molecule has 0 aliphatic heterocycles. The Morgan fingerprint density at radius 2 is 1.71 bits per heavy atom. The van der Waals surface area contributed by atoms with Crippen molar-refractivity contribution in [3.8, 4) is 17.2 Å². The van der Waals surface area contributed by atoms with Gasteiger partial charge in [0.1, 0.15) is 18.1 Å². The lowest BCUT2D eigenvalue weighted by Crippen LogP contribution is -1.99. The molecule has 1 aromatic heterocycles. The van der Waals surface area contributed by atoms with Crippen molar-refractivity contribution < 1.29 is 9.15 Å². The zero-order valence-electron chi connectivity index (χ0n) is 13.3. The molecule has 0 spiro atoms. The Bertz CT molecular complexity index is 798. The Balaban J connectivity index is 1.44. The molecule has 0 unspecified atom stereocenters. The van der Waals surface area contributed by atoms with E-state index in [-0.39, 0.29) is 0 Å². The van der Waals surface area contributed by atoms with Crippen molar-refractivity contribution in [2.24, 2.45) is 0 Å². The van der Waals surface area contributed by atoms with Gasteiger partial charge in [0.15, 0.2) is 0 Å². The number of rotatable bonds is 4. The van der Waals surface area contributed by atoms with Crippen molar-refractivity contribution in [3.05, 3.63) is 70.6 Å². The number of fused-ring (bicyclic) bond motifs is 1. The number of hydrogen-bond acceptors (Lipinski definition) is 3. The lowest BCUT2D eigenvalue weighted by atomic mass is 10.0. The summed E-state index contributed by atoms with van der Waals surface area (Å²) in [4.78, 5) is 4.63. The molecule has 0 bridgehead atoms. The quantitative estimate of drug-likeness (QED) is 0.633. The number of nitrogens with zero attached hydrogens (tertiary/aromatic N) is 1. The molecule has 1 heterocycles. The topological polar surface area (TPSA) is 35.3 Å². The van der Waals surface area contributed by atoms with Gasteiger partial charge in [-0.05, 0) is 61.2 Å². The average Bonchev–Trinajstić information content (AvgIpc) is 3.06. The summed E-state index contributed by atoms with van der Waals surface area (Å²) < 4.78 is 11.7. The van der Waals surface area contributed by atoms with E-state index in [4.69, 9.17) is 20.8 Å². The highest BCUT2D eigenvalue weighted by molar-refractivity contribution is 6.30. The molecule has 122 valence electrons. The first-order chi connectivity index (χ1) is 11.8. The van der Waals surface area contributed by atoms with Crippen LogP contribution < -0.4 is 4.74 Å². The summed E-state index contributed by atoms with van der Waals surface area (Å²) in [5, 5.41) is 0.733. The Morgan fingerprint density at radius 3 is 2.46 bits per heavy atom. The van der Waals surface area contributed by atoms with Gasteiger partial charge in [-0.3, -0.25) is 0 Å². The lowest BCUT2D eigenvalue weighted by molar-refractivity contribution is 0.306. The largest absolute Gasteiger partial charge is 0.489 e. The maximum Gasteiger partial charge on any atom is 0.226 e. The molecule has 0 atom stereocenters. The summed E-state index contributed by atoms with van der Waals surface area (Å²) in [5.74, 6) is 2.59. The number of aromatic nitrogens is 1. The van der Waals surface area contributed by atoms with Gasteiger partial charge in [0.05, 0.1) is 5.69 Å². The Kier molecular flexibility index (Phi) is 4.26. The molecule has 0 saturated carbocycles. The molecule has 2 aromatic carbocycles. The van der Waals surface area contributed by atoms with E-state index in [2.05, 4.69) is 4.98 Å². The number of halogens is 1. The summed E-state index contributed by atoms with van der Waals surface area (Å²) in [5.41, 5.74) is 3.20. The molecular weight excluding hydrogens is 322 g/mol. The number of oxazole rings is 1. The van der Waals surface area contributed by atoms with Crippen molar-refractivity contribution in [2.45, 2.75) is 32.3 Å². The van der Waals surface area contributed by atoms with Crippen molar-refractivity contribution in [2.75, 3.05) is 0 Å². The SMILES string of the molecule is Clc1ccc(COc2ccc(-c3nc4c(o3)CCCC4)cc2)cc1. The average molecular weight is 340 g/mol. The van der Waals surface area contributed by atoms with Crippen molar-refractivity contribution in [3.63, 3.8) is 0 Å². The number of hydrogen-bond donors (Lipinski definition) is 0. The van der Waals surface area contributed by atoms with E-state index in [1.807, 2.05) is 48.5 Å². The van der Waals surface area contributed by atoms with Crippen LogP contribution in [0.15, 0.2) is 52.9 Å². The van der Waals surface area contributed by atoms with Gasteiger partial charge in [-0.2, -0.15) is 0 Å². The molecule has 0 N–H and O–H groups in total. The van der Waals surface area contributed by atoms with E-state index >= 15 is 0 Å². The number of ether oxygens (including phenoxy) is 1. The first-order valence-corrected chi connectivity index (χ1v) is 8.62. The third kappa shape index (κ3) is 3.31. The van der Waals surface area contributed by atoms with Crippen LogP contribution in [0.1, 0.15) is 29.9 Å². The van der Waals surface area contributed by atoms with Crippen LogP contribution in [0, 0.1) is 0 Å². The first kappa shape index (κ1) is 15.3. The second kappa shape index (κ2) is 6.70. The predicted molar refractivity (Wildman–Crippen MR) is 94.4 cm³/mol. The first-order valence-electron chi connectivity index (χ1n) is 8.24. The summed E-state index contributed by atoms with van der Waals surface area (Å²) >= 11 is 5.89. The molecule has 0 saturated heterocycles. The van der Waals surface area contributed by atoms with Crippen LogP contribution >= 0.6 is 11.6 Å². The van der Waals surface area contributed by atoms with Gasteiger partial charge in [-0.25, -0.2) is 4.98 Å². The van der Waals surface area contributed by atoms with E-state index in [1.54, 1.807) is 0 Å². The zero-order chi connectivity index (χ0) is 16.4. The van der Waals surface area contributed by atoms with E-state index in [1.165, 1.54) is 12.8 Å². The minimum absolute atomic E-state index is 0.518. The third-order valence-corrected chi connectivity index (χ3v) is 4.52. The van der Waals surface area contributed by atoms with E-state index in [0.29, 0.717) is 12.5 Å². The van der Waals surface area contributed by atoms with Gasteiger partial charge >= 0.3 is 0 Å². The van der Waals surface area contributed by atoms with Crippen molar-refractivity contribution >= 4 is 11.6 Å². The molecule has 3 nitrogen and oxygen atoms in total. The Labute approximate surface area is 146 Å². The smallest absolute Gasteiger partial charge is 0.226 e. The highest BCUT2D eigenvalue weighted by Crippen LogP contribution is 2.28. The van der Waals surface area contributed by atoms with Gasteiger partial charge in [-0.15, -0.1) is 0 Å². The summed E-state index contributed by atoms with van der Waals surface area (Å²) in [7, 11) is 0. The van der Waals surface area contributed by atoms with Gasteiger partial charge in [0.25, 0.3) is 0 Å². The molecule has 1 aliphatic rings. The van der Waals surface area contributed by atoms with E-state index in [0.717, 1.165) is 46.2 Å². The van der Waals surface area contributed by atoms with Crippen LogP contribution in [0.25, 0.3) is 11.5 Å². The summed E-state index contributed by atoms with van der Waals surface area (Å²) in [6.45, 7) is 0.518. The standard InChI is InChI=1S/C20H18ClNO2/c21-16-9-5-14(6-10-16)13-23-17-11-7-15(8-12-17)20-22-18-3-1-2-4-19(18)24-20/h5-12H,1-4,13H2. The van der Waals surface area contributed by atoms with Crippen LogP contribution in [0.4, 0.5) is 0 Å². The molecule has 4 heteroatoms. The normalized spacial score (nSPS) is 13.5. The molecule has 24 heavy (non-hydrogen) atoms. The maximum absolute atomic E-state index is 5.91. The second-order valence-corrected chi connectivity index (χ2v) is 6.47. The number of benzene rings is 2. The molecule has 0 radical (unpaired) electrons. The van der Waals surface area contributed by atoms with Gasteiger partial charge in [0, 0.05) is 17.0 Å². The van der Waals surface area contributed by atoms with Crippen LogP contribution in [0.2, 0.25) is 5.02 Å². The molecule has 1 aliphatic carbocycles. The lowest BCUT2D eigenvalue weighted by Gasteiger charge is -2.06. The van der Waals surface area contributed by atoms with Crippen LogP contribution in [-0.2, 0) is 19.4 Å². The molecule has 3 aromatic rings. The molecule has 4 rings (SSSR count). The van der Waals surface area contributed by atoms with Crippen LogP contribution in [0.3, 0.4) is 0 Å². The zero-order valence-corrected chi connectivity index (χ0v) is 14.1. The minimum atomic E-state index is 0.518. The van der Waals surface area contributed by atoms with E-state index < -0.39 is 0 Å². The highest BCUT2D eigenvalue weighted by atomic mass is 35.5. The maximum atomic E-state index is 5.91. The van der Waals surface area contributed by atoms with Gasteiger partial charge in [-0.1, -0.05) is 23.7 Å². The molecular formula is C20H18ClNO2. The van der Waals surface area contributed by atoms with Crippen molar-refractivity contribution in [1.29, 1.82) is 0 Å². The van der Waals surface area contributed by atoms with Crippen molar-refractivity contribution in [1.82, 2.24) is 4.98 Å². The predicted octanol–water partition coefficient (Wildman–Crippen LogP) is 5.45. The highest BCUT2D eigenvalue weighted by Gasteiger charge is 2.17. The molecule has 0 fully saturated rings. The second-order valence-electron chi connectivity index (χ2n) is 6.04. The van der Waals surface area contributed by atoms with Crippen LogP contribution in [-0.4, -0.2) is 4.98 Å². The summed E-state index contributed by atoms with van der Waals surface area (Å²) in [6, 6.07) is 15.6. The van der Waals surface area contributed by atoms with Gasteiger partial charge < -0.3 is 9.15 Å². The number of aryl methyl sites for hydroxylation is 2. The molecule has 0 amide bonds. The van der Waals surface area contributed by atoms with Crippen LogP contribution in [0.5, 0.6) is 5.75 Å². The minimum Gasteiger partial charge on any atom is -0.489 e. The fraction of sp³-hybridized carbons (Fsp3) is 0.250. The third-order valence-electron chi connectivity index (χ3n) is 4.27. The Hall–Kier alpha value is -2.26. The Morgan fingerprint density at radius 1 is 0.958 bits per heavy atom.